The van der Waals surface area contributed by atoms with Crippen LogP contribution in [0.3, 0.4) is 0 Å². The minimum atomic E-state index is -0.613. The van der Waals surface area contributed by atoms with E-state index >= 15 is 0 Å². The minimum absolute atomic E-state index is 0.120. The van der Waals surface area contributed by atoms with Crippen LogP contribution in [0.4, 0.5) is 10.5 Å². The molecule has 2 aliphatic heterocycles. The van der Waals surface area contributed by atoms with E-state index in [1.165, 1.54) is 5.56 Å². The monoisotopic (exact) mass is 407 g/mol. The van der Waals surface area contributed by atoms with Crippen LogP contribution < -0.4 is 21.3 Å². The fourth-order valence-electron chi connectivity index (χ4n) is 3.86. The molecule has 4 amide bonds. The topological polar surface area (TPSA) is 103 Å². The second kappa shape index (κ2) is 8.44. The predicted octanol–water partition coefficient (Wildman–Crippen LogP) is 1.27. The van der Waals surface area contributed by atoms with Crippen LogP contribution in [0, 0.1) is 0 Å². The number of fused-ring (bicyclic) bond motifs is 1. The van der Waals surface area contributed by atoms with Gasteiger partial charge in [-0.1, -0.05) is 36.4 Å². The van der Waals surface area contributed by atoms with E-state index in [-0.39, 0.29) is 37.0 Å². The number of carbonyl (C=O) groups is 3. The maximum Gasteiger partial charge on any atom is 0.315 e. The van der Waals surface area contributed by atoms with Gasteiger partial charge in [0.05, 0.1) is 6.04 Å². The van der Waals surface area contributed by atoms with Gasteiger partial charge in [0.2, 0.25) is 5.91 Å². The van der Waals surface area contributed by atoms with Crippen molar-refractivity contribution >= 4 is 23.5 Å². The van der Waals surface area contributed by atoms with Gasteiger partial charge in [-0.3, -0.25) is 9.59 Å². The molecule has 8 heteroatoms. The molecule has 30 heavy (non-hydrogen) atoms. The Hall–Kier alpha value is -3.55. The van der Waals surface area contributed by atoms with Crippen LogP contribution >= 0.6 is 0 Å². The average molecular weight is 407 g/mol. The molecule has 156 valence electrons. The Morgan fingerprint density at radius 2 is 1.97 bits per heavy atom. The Kier molecular flexibility index (Phi) is 5.56. The number of carbonyl (C=O) groups excluding carboxylic acids is 3. The number of nitrogens with one attached hydrogen (secondary N) is 4. The number of benzene rings is 2. The molecule has 2 aliphatic rings. The molecule has 0 aliphatic carbocycles. The Morgan fingerprint density at radius 3 is 2.70 bits per heavy atom. The summed E-state index contributed by atoms with van der Waals surface area (Å²) < 4.78 is 0. The lowest BCUT2D eigenvalue weighted by Crippen LogP contribution is -2.46. The maximum absolute atomic E-state index is 13.2. The van der Waals surface area contributed by atoms with Gasteiger partial charge in [0.1, 0.15) is 6.04 Å². The number of rotatable bonds is 6. The third kappa shape index (κ3) is 4.07. The standard InChI is InChI=1S/C22H25N5O3/c1-27(21(29)16-8-7-14-9-10-23-17(14)11-16)19(15-5-3-2-4-6-15)13-24-20(28)18-12-25-22(30)26-18/h2-8,11,18-19,23H,9-10,12-13H2,1H3,(H,24,28)(H2,25,26,30)/t18-,19?/m1/s1. The second-order valence-electron chi connectivity index (χ2n) is 7.54. The van der Waals surface area contributed by atoms with Crippen LogP contribution in [0.25, 0.3) is 0 Å². The number of nitrogens with zero attached hydrogens (tertiary/aromatic N) is 1. The summed E-state index contributed by atoms with van der Waals surface area (Å²) in [5, 5.41) is 11.3. The Morgan fingerprint density at radius 1 is 1.17 bits per heavy atom. The maximum atomic E-state index is 13.2. The van der Waals surface area contributed by atoms with Gasteiger partial charge in [-0.15, -0.1) is 0 Å². The van der Waals surface area contributed by atoms with Crippen molar-refractivity contribution < 1.29 is 14.4 Å². The summed E-state index contributed by atoms with van der Waals surface area (Å²) in [5.41, 5.74) is 3.74. The molecule has 4 N–H and O–H groups in total. The molecular formula is C22H25N5O3. The lowest BCUT2D eigenvalue weighted by atomic mass is 10.0. The SMILES string of the molecule is CN(C(=O)c1ccc2c(c1)NCC2)C(CNC(=O)[C@H]1CNC(=O)N1)c1ccccc1. The molecule has 0 saturated carbocycles. The highest BCUT2D eigenvalue weighted by molar-refractivity contribution is 5.96. The normalized spacial score (nSPS) is 17.9. The predicted molar refractivity (Wildman–Crippen MR) is 113 cm³/mol. The molecule has 2 aromatic rings. The summed E-state index contributed by atoms with van der Waals surface area (Å²) in [7, 11) is 1.74. The summed E-state index contributed by atoms with van der Waals surface area (Å²) >= 11 is 0. The highest BCUT2D eigenvalue weighted by Gasteiger charge is 2.29. The lowest BCUT2D eigenvalue weighted by molar-refractivity contribution is -0.122. The van der Waals surface area contributed by atoms with E-state index in [4.69, 9.17) is 0 Å². The van der Waals surface area contributed by atoms with Gasteiger partial charge in [-0.05, 0) is 29.7 Å². The molecule has 4 rings (SSSR count). The number of anilines is 1. The van der Waals surface area contributed by atoms with Crippen LogP contribution in [0.1, 0.15) is 27.5 Å². The first-order valence-electron chi connectivity index (χ1n) is 10.0. The van der Waals surface area contributed by atoms with Crippen LogP contribution in [0.2, 0.25) is 0 Å². The number of amides is 4. The van der Waals surface area contributed by atoms with Gasteiger partial charge in [-0.25, -0.2) is 4.79 Å². The zero-order valence-corrected chi connectivity index (χ0v) is 16.8. The molecule has 0 bridgehead atoms. The summed E-state index contributed by atoms with van der Waals surface area (Å²) in [6.45, 7) is 1.37. The molecule has 8 nitrogen and oxygen atoms in total. The highest BCUT2D eigenvalue weighted by Crippen LogP contribution is 2.26. The van der Waals surface area contributed by atoms with Crippen LogP contribution in [0.5, 0.6) is 0 Å². The van der Waals surface area contributed by atoms with E-state index in [0.717, 1.165) is 24.2 Å². The first-order chi connectivity index (χ1) is 14.5. The van der Waals surface area contributed by atoms with Crippen LogP contribution in [-0.2, 0) is 11.2 Å². The molecule has 1 fully saturated rings. The van der Waals surface area contributed by atoms with Crippen molar-refractivity contribution in [3.05, 3.63) is 65.2 Å². The van der Waals surface area contributed by atoms with Crippen molar-refractivity contribution in [1.29, 1.82) is 0 Å². The Balaban J connectivity index is 1.51. The average Bonchev–Trinajstić information content (AvgIpc) is 3.42. The molecule has 1 unspecified atom stereocenters. The summed E-state index contributed by atoms with van der Waals surface area (Å²) in [5.74, 6) is -0.401. The van der Waals surface area contributed by atoms with E-state index in [9.17, 15) is 14.4 Å². The van der Waals surface area contributed by atoms with Crippen LogP contribution in [0.15, 0.2) is 48.5 Å². The third-order valence-corrected chi connectivity index (χ3v) is 5.60. The lowest BCUT2D eigenvalue weighted by Gasteiger charge is -2.29. The quantitative estimate of drug-likeness (QED) is 0.579. The van der Waals surface area contributed by atoms with E-state index in [1.807, 2.05) is 48.5 Å². The van der Waals surface area contributed by atoms with Crippen molar-refractivity contribution in [2.24, 2.45) is 0 Å². The fraction of sp³-hybridized carbons (Fsp3) is 0.318. The molecular weight excluding hydrogens is 382 g/mol. The summed E-state index contributed by atoms with van der Waals surface area (Å²) in [6, 6.07) is 14.0. The Bertz CT molecular complexity index is 963. The number of likely N-dealkylation sites (N-methyl/N-ethyl adjacent to an activating group) is 1. The smallest absolute Gasteiger partial charge is 0.315 e. The molecule has 0 radical (unpaired) electrons. The third-order valence-electron chi connectivity index (χ3n) is 5.60. The highest BCUT2D eigenvalue weighted by atomic mass is 16.2. The summed E-state index contributed by atoms with van der Waals surface area (Å²) in [4.78, 5) is 38.6. The number of hydrogen-bond acceptors (Lipinski definition) is 4. The van der Waals surface area contributed by atoms with E-state index < -0.39 is 6.04 Å². The molecule has 2 heterocycles. The van der Waals surface area contributed by atoms with Crippen molar-refractivity contribution in [2.45, 2.75) is 18.5 Å². The van der Waals surface area contributed by atoms with Crippen molar-refractivity contribution in [2.75, 3.05) is 32.0 Å². The van der Waals surface area contributed by atoms with E-state index in [2.05, 4.69) is 21.3 Å². The number of hydrogen-bond donors (Lipinski definition) is 4. The molecule has 1 saturated heterocycles. The van der Waals surface area contributed by atoms with Crippen LogP contribution in [-0.4, -0.2) is 55.5 Å². The van der Waals surface area contributed by atoms with Gasteiger partial charge in [0.15, 0.2) is 0 Å². The minimum Gasteiger partial charge on any atom is -0.384 e. The fourth-order valence-corrected chi connectivity index (χ4v) is 3.86. The largest absolute Gasteiger partial charge is 0.384 e. The first kappa shape index (κ1) is 19.8. The second-order valence-corrected chi connectivity index (χ2v) is 7.54. The molecule has 2 aromatic carbocycles. The van der Waals surface area contributed by atoms with Gasteiger partial charge in [0.25, 0.3) is 5.91 Å². The van der Waals surface area contributed by atoms with Gasteiger partial charge in [0, 0.05) is 37.9 Å². The zero-order valence-electron chi connectivity index (χ0n) is 16.8. The Labute approximate surface area is 175 Å². The molecule has 2 atom stereocenters. The summed E-state index contributed by atoms with van der Waals surface area (Å²) in [6.07, 6.45) is 0.963. The van der Waals surface area contributed by atoms with Gasteiger partial charge < -0.3 is 26.2 Å². The first-order valence-corrected chi connectivity index (χ1v) is 10.0. The zero-order chi connectivity index (χ0) is 21.1. The van der Waals surface area contributed by atoms with Crippen molar-refractivity contribution in [3.63, 3.8) is 0 Å². The number of urea groups is 1. The van der Waals surface area contributed by atoms with Crippen molar-refractivity contribution in [3.8, 4) is 0 Å². The van der Waals surface area contributed by atoms with E-state index in [0.29, 0.717) is 5.56 Å². The molecule has 0 spiro atoms. The van der Waals surface area contributed by atoms with Crippen molar-refractivity contribution in [1.82, 2.24) is 20.9 Å². The van der Waals surface area contributed by atoms with Gasteiger partial charge in [-0.2, -0.15) is 0 Å². The van der Waals surface area contributed by atoms with E-state index in [1.54, 1.807) is 11.9 Å². The molecule has 0 aromatic heterocycles. The van der Waals surface area contributed by atoms with Gasteiger partial charge >= 0.3 is 6.03 Å².